The Kier molecular flexibility index (Phi) is 4.31. The van der Waals surface area contributed by atoms with Gasteiger partial charge in [0.05, 0.1) is 16.6 Å². The van der Waals surface area contributed by atoms with Crippen molar-refractivity contribution in [2.75, 3.05) is 5.32 Å². The molecule has 136 valence electrons. The van der Waals surface area contributed by atoms with E-state index in [1.807, 2.05) is 50.2 Å². The number of amides is 1. The largest absolute Gasteiger partial charge is 0.325 e. The molecular weight excluding hydrogens is 408 g/mol. The summed E-state index contributed by atoms with van der Waals surface area (Å²) in [4.78, 5) is 25.6. The quantitative estimate of drug-likeness (QED) is 0.545. The number of fused-ring (bicyclic) bond motifs is 3. The first-order chi connectivity index (χ1) is 12.9. The maximum absolute atomic E-state index is 13.0. The van der Waals surface area contributed by atoms with Gasteiger partial charge in [0.25, 0.3) is 5.56 Å². The molecule has 0 aliphatic heterocycles. The van der Waals surface area contributed by atoms with Crippen molar-refractivity contribution in [2.24, 2.45) is 0 Å². The molecule has 2 heterocycles. The van der Waals surface area contributed by atoms with E-state index in [1.54, 1.807) is 16.6 Å². The second kappa shape index (κ2) is 6.66. The number of nitrogens with one attached hydrogen (secondary N) is 1. The van der Waals surface area contributed by atoms with Crippen LogP contribution in [0.3, 0.4) is 0 Å². The van der Waals surface area contributed by atoms with Crippen molar-refractivity contribution in [3.8, 4) is 0 Å². The van der Waals surface area contributed by atoms with Crippen LogP contribution in [-0.4, -0.2) is 20.1 Å². The van der Waals surface area contributed by atoms with Crippen LogP contribution in [0.15, 0.2) is 57.8 Å². The van der Waals surface area contributed by atoms with Crippen LogP contribution >= 0.6 is 15.9 Å². The molecule has 4 aromatic rings. The van der Waals surface area contributed by atoms with E-state index in [0.29, 0.717) is 16.7 Å². The molecule has 0 saturated carbocycles. The molecule has 6 nitrogen and oxygen atoms in total. The van der Waals surface area contributed by atoms with E-state index in [1.165, 1.54) is 4.57 Å². The predicted molar refractivity (Wildman–Crippen MR) is 109 cm³/mol. The highest BCUT2D eigenvalue weighted by Crippen LogP contribution is 2.20. The van der Waals surface area contributed by atoms with Crippen LogP contribution in [0.5, 0.6) is 0 Å². The number of para-hydroxylation sites is 1. The van der Waals surface area contributed by atoms with Crippen molar-refractivity contribution in [3.63, 3.8) is 0 Å². The molecule has 0 aliphatic carbocycles. The second-order valence-corrected chi connectivity index (χ2v) is 7.33. The van der Waals surface area contributed by atoms with E-state index in [-0.39, 0.29) is 18.0 Å². The SMILES string of the molecule is Cc1cc2n(CC(=O)Nc3ccc(Br)c(C)c3)c(=O)c3ccccc3n2n1. The smallest absolute Gasteiger partial charge is 0.262 e. The third-order valence-electron chi connectivity index (χ3n) is 4.44. The number of aryl methyl sites for hydroxylation is 2. The number of anilines is 1. The molecule has 1 N–H and O–H groups in total. The van der Waals surface area contributed by atoms with Crippen molar-refractivity contribution in [2.45, 2.75) is 20.4 Å². The van der Waals surface area contributed by atoms with Gasteiger partial charge in [-0.25, -0.2) is 4.52 Å². The minimum atomic E-state index is -0.269. The van der Waals surface area contributed by atoms with Crippen LogP contribution in [0, 0.1) is 13.8 Å². The van der Waals surface area contributed by atoms with Gasteiger partial charge in [0, 0.05) is 16.2 Å². The number of benzene rings is 2. The molecule has 0 saturated heterocycles. The summed E-state index contributed by atoms with van der Waals surface area (Å²) in [6, 6.07) is 14.7. The van der Waals surface area contributed by atoms with Crippen LogP contribution in [0.25, 0.3) is 16.6 Å². The summed E-state index contributed by atoms with van der Waals surface area (Å²) in [5, 5.41) is 7.86. The number of halogens is 1. The van der Waals surface area contributed by atoms with Crippen LogP contribution in [0.1, 0.15) is 11.3 Å². The highest BCUT2D eigenvalue weighted by Gasteiger charge is 2.15. The lowest BCUT2D eigenvalue weighted by atomic mass is 10.2. The number of hydrogen-bond acceptors (Lipinski definition) is 3. The lowest BCUT2D eigenvalue weighted by Gasteiger charge is -2.12. The normalized spacial score (nSPS) is 11.2. The second-order valence-electron chi connectivity index (χ2n) is 6.48. The Bertz CT molecular complexity index is 1260. The first-order valence-electron chi connectivity index (χ1n) is 8.48. The van der Waals surface area contributed by atoms with Crippen LogP contribution in [0.2, 0.25) is 0 Å². The number of hydrogen-bond donors (Lipinski definition) is 1. The molecule has 0 bridgehead atoms. The molecule has 0 atom stereocenters. The van der Waals surface area contributed by atoms with Crippen molar-refractivity contribution in [3.05, 3.63) is 74.6 Å². The zero-order valence-electron chi connectivity index (χ0n) is 14.9. The minimum absolute atomic E-state index is 0.0899. The Morgan fingerprint density at radius 2 is 1.93 bits per heavy atom. The molecular formula is C20H17BrN4O2. The highest BCUT2D eigenvalue weighted by molar-refractivity contribution is 9.10. The van der Waals surface area contributed by atoms with Crippen LogP contribution < -0.4 is 10.9 Å². The first kappa shape index (κ1) is 17.5. The fourth-order valence-electron chi connectivity index (χ4n) is 3.16. The average molecular weight is 425 g/mol. The number of rotatable bonds is 3. The predicted octanol–water partition coefficient (Wildman–Crippen LogP) is 3.67. The topological polar surface area (TPSA) is 68.4 Å². The van der Waals surface area contributed by atoms with Gasteiger partial charge >= 0.3 is 0 Å². The Morgan fingerprint density at radius 3 is 2.70 bits per heavy atom. The highest BCUT2D eigenvalue weighted by atomic mass is 79.9. The molecule has 0 unspecified atom stereocenters. The number of carbonyl (C=O) groups excluding carboxylic acids is 1. The summed E-state index contributed by atoms with van der Waals surface area (Å²) in [6.07, 6.45) is 0. The van der Waals surface area contributed by atoms with E-state index >= 15 is 0 Å². The van der Waals surface area contributed by atoms with Crippen LogP contribution in [0.4, 0.5) is 5.69 Å². The lowest BCUT2D eigenvalue weighted by molar-refractivity contribution is -0.116. The summed E-state index contributed by atoms with van der Waals surface area (Å²) >= 11 is 3.44. The zero-order valence-corrected chi connectivity index (χ0v) is 16.4. The third-order valence-corrected chi connectivity index (χ3v) is 5.33. The Morgan fingerprint density at radius 1 is 1.15 bits per heavy atom. The summed E-state index contributed by atoms with van der Waals surface area (Å²) in [6.45, 7) is 3.72. The fourth-order valence-corrected chi connectivity index (χ4v) is 3.41. The maximum Gasteiger partial charge on any atom is 0.262 e. The minimum Gasteiger partial charge on any atom is -0.325 e. The molecule has 2 aromatic heterocycles. The van der Waals surface area contributed by atoms with Crippen molar-refractivity contribution < 1.29 is 4.79 Å². The summed E-state index contributed by atoms with van der Waals surface area (Å²) in [5.41, 5.74) is 3.60. The molecule has 27 heavy (non-hydrogen) atoms. The van der Waals surface area contributed by atoms with Crippen molar-refractivity contribution in [1.82, 2.24) is 14.2 Å². The Labute approximate surface area is 163 Å². The third kappa shape index (κ3) is 3.14. The molecule has 0 spiro atoms. The number of carbonyl (C=O) groups is 1. The maximum atomic E-state index is 13.0. The Balaban J connectivity index is 1.76. The van der Waals surface area contributed by atoms with Gasteiger partial charge in [-0.2, -0.15) is 5.10 Å². The number of nitrogens with zero attached hydrogens (tertiary/aromatic N) is 3. The van der Waals surface area contributed by atoms with Gasteiger partial charge in [-0.15, -0.1) is 0 Å². The van der Waals surface area contributed by atoms with Gasteiger partial charge < -0.3 is 5.32 Å². The van der Waals surface area contributed by atoms with E-state index in [9.17, 15) is 9.59 Å². The Hall–Kier alpha value is -2.93. The van der Waals surface area contributed by atoms with E-state index in [0.717, 1.165) is 21.2 Å². The van der Waals surface area contributed by atoms with Gasteiger partial charge in [0.2, 0.25) is 5.91 Å². The van der Waals surface area contributed by atoms with E-state index in [4.69, 9.17) is 0 Å². The molecule has 4 rings (SSSR count). The van der Waals surface area contributed by atoms with Gasteiger partial charge in [0.1, 0.15) is 12.2 Å². The van der Waals surface area contributed by atoms with Crippen molar-refractivity contribution in [1.29, 1.82) is 0 Å². The molecule has 1 amide bonds. The van der Waals surface area contributed by atoms with E-state index < -0.39 is 0 Å². The zero-order chi connectivity index (χ0) is 19.1. The average Bonchev–Trinajstić information content (AvgIpc) is 3.03. The van der Waals surface area contributed by atoms with Gasteiger partial charge in [-0.3, -0.25) is 14.2 Å². The number of aromatic nitrogens is 3. The van der Waals surface area contributed by atoms with Gasteiger partial charge in [-0.05, 0) is 49.7 Å². The lowest BCUT2D eigenvalue weighted by Crippen LogP contribution is -2.29. The summed E-state index contributed by atoms with van der Waals surface area (Å²) in [5.74, 6) is -0.269. The standard InChI is InChI=1S/C20H17BrN4O2/c1-12-9-14(7-8-16(12)21)22-18(26)11-24-19-10-13(2)23-25(19)17-6-4-3-5-15(17)20(24)27/h3-10H,11H2,1-2H3,(H,22,26). The van der Waals surface area contributed by atoms with Crippen molar-refractivity contribution >= 4 is 44.1 Å². The molecule has 0 aliphatic rings. The summed E-state index contributed by atoms with van der Waals surface area (Å²) in [7, 11) is 0. The van der Waals surface area contributed by atoms with Gasteiger partial charge in [0.15, 0.2) is 0 Å². The molecule has 7 heteroatoms. The first-order valence-corrected chi connectivity index (χ1v) is 9.27. The fraction of sp³-hybridized carbons (Fsp3) is 0.150. The van der Waals surface area contributed by atoms with Gasteiger partial charge in [-0.1, -0.05) is 28.1 Å². The van der Waals surface area contributed by atoms with Crippen LogP contribution in [-0.2, 0) is 11.3 Å². The monoisotopic (exact) mass is 424 g/mol. The molecule has 2 aromatic carbocycles. The molecule has 0 fully saturated rings. The summed E-state index contributed by atoms with van der Waals surface area (Å²) < 4.78 is 4.15. The molecule has 0 radical (unpaired) electrons. The van der Waals surface area contributed by atoms with E-state index in [2.05, 4.69) is 26.3 Å².